The Hall–Kier alpha value is -1.02. The van der Waals surface area contributed by atoms with Crippen molar-refractivity contribution < 1.29 is 22.4 Å². The average Bonchev–Trinajstić information content (AvgIpc) is 2.71. The number of fused-ring (bicyclic) bond motifs is 1. The monoisotopic (exact) mass is 339 g/mol. The van der Waals surface area contributed by atoms with Gasteiger partial charge in [-0.3, -0.25) is 4.79 Å². The summed E-state index contributed by atoms with van der Waals surface area (Å²) in [7, 11) is 0. The number of ketones is 1. The highest BCUT2D eigenvalue weighted by molar-refractivity contribution is 9.09. The number of para-hydroxylation sites is 1. The highest BCUT2D eigenvalue weighted by atomic mass is 79.9. The van der Waals surface area contributed by atoms with Crippen molar-refractivity contribution in [1.82, 2.24) is 4.98 Å². The zero-order valence-electron chi connectivity index (χ0n) is 8.62. The molecule has 1 aromatic heterocycles. The van der Waals surface area contributed by atoms with Gasteiger partial charge in [-0.2, -0.15) is 13.2 Å². The largest absolute Gasteiger partial charge is 0.446 e. The molecule has 3 nitrogen and oxygen atoms in total. The molecule has 8 heteroatoms. The third kappa shape index (κ3) is 2.86. The van der Waals surface area contributed by atoms with Crippen molar-refractivity contribution >= 4 is 44.6 Å². The van der Waals surface area contributed by atoms with Gasteiger partial charge < -0.3 is 4.42 Å². The number of thioether (sulfide) groups is 1. The van der Waals surface area contributed by atoms with Crippen LogP contribution in [0.4, 0.5) is 13.2 Å². The van der Waals surface area contributed by atoms with Crippen LogP contribution in [0.2, 0.25) is 0 Å². The van der Waals surface area contributed by atoms with Crippen molar-refractivity contribution in [3.8, 4) is 0 Å². The summed E-state index contributed by atoms with van der Waals surface area (Å²) in [5, 5.41) is 0.00156. The van der Waals surface area contributed by atoms with E-state index in [4.69, 9.17) is 4.42 Å². The van der Waals surface area contributed by atoms with E-state index < -0.39 is 11.3 Å². The number of carbonyl (C=O) groups excluding carboxylic acids is 1. The molecule has 0 atom stereocenters. The lowest BCUT2D eigenvalue weighted by atomic mass is 10.3. The fourth-order valence-electron chi connectivity index (χ4n) is 1.31. The number of carbonyl (C=O) groups is 1. The van der Waals surface area contributed by atoms with Crippen LogP contribution >= 0.6 is 27.7 Å². The number of halogens is 4. The Labute approximate surface area is 112 Å². The Morgan fingerprint density at radius 3 is 2.78 bits per heavy atom. The van der Waals surface area contributed by atoms with Gasteiger partial charge in [0.1, 0.15) is 5.52 Å². The van der Waals surface area contributed by atoms with E-state index in [-0.39, 0.29) is 39.0 Å². The van der Waals surface area contributed by atoms with E-state index in [1.54, 1.807) is 0 Å². The first-order chi connectivity index (χ1) is 8.40. The van der Waals surface area contributed by atoms with Gasteiger partial charge in [-0.05, 0) is 23.9 Å². The zero-order chi connectivity index (χ0) is 13.3. The standard InChI is InChI=1S/C10H5BrF3NO2S/c11-4-6(16)9-15-5-2-1-3-7(8(5)17-9)18-10(12,13)14/h1-3H,4H2. The van der Waals surface area contributed by atoms with Gasteiger partial charge in [-0.25, -0.2) is 4.98 Å². The summed E-state index contributed by atoms with van der Waals surface area (Å²) in [4.78, 5) is 15.1. The van der Waals surface area contributed by atoms with Gasteiger partial charge in [-0.15, -0.1) is 0 Å². The number of nitrogens with zero attached hydrogens (tertiary/aromatic N) is 1. The van der Waals surface area contributed by atoms with Crippen LogP contribution in [-0.2, 0) is 0 Å². The maximum absolute atomic E-state index is 12.3. The summed E-state index contributed by atoms with van der Waals surface area (Å²) in [6.45, 7) is 0. The van der Waals surface area contributed by atoms with Gasteiger partial charge in [0, 0.05) is 0 Å². The number of Topliss-reactive ketones (excluding diaryl/α,β-unsaturated/α-hetero) is 1. The van der Waals surface area contributed by atoms with Crippen molar-refractivity contribution in [3.05, 3.63) is 24.1 Å². The van der Waals surface area contributed by atoms with Crippen molar-refractivity contribution in [2.75, 3.05) is 5.33 Å². The van der Waals surface area contributed by atoms with Crippen LogP contribution in [0.25, 0.3) is 11.1 Å². The second kappa shape index (κ2) is 4.93. The molecule has 0 saturated heterocycles. The number of oxazole rings is 1. The van der Waals surface area contributed by atoms with E-state index in [9.17, 15) is 18.0 Å². The molecule has 0 spiro atoms. The quantitative estimate of drug-likeness (QED) is 0.481. The maximum atomic E-state index is 12.3. The van der Waals surface area contributed by atoms with Crippen LogP contribution in [0, 0.1) is 0 Å². The molecule has 0 bridgehead atoms. The number of aromatic nitrogens is 1. The molecule has 1 heterocycles. The molecule has 2 aromatic rings. The second-order valence-electron chi connectivity index (χ2n) is 3.23. The van der Waals surface area contributed by atoms with Crippen molar-refractivity contribution in [2.45, 2.75) is 10.4 Å². The Morgan fingerprint density at radius 2 is 2.17 bits per heavy atom. The van der Waals surface area contributed by atoms with Gasteiger partial charge in [-0.1, -0.05) is 22.0 Å². The molecule has 0 unspecified atom stereocenters. The van der Waals surface area contributed by atoms with E-state index in [2.05, 4.69) is 20.9 Å². The molecule has 2 rings (SSSR count). The summed E-state index contributed by atoms with van der Waals surface area (Å²) >= 11 is 2.65. The zero-order valence-corrected chi connectivity index (χ0v) is 11.0. The first kappa shape index (κ1) is 13.4. The lowest BCUT2D eigenvalue weighted by Crippen LogP contribution is -1.99. The molecule has 0 radical (unpaired) electrons. The SMILES string of the molecule is O=C(CBr)c1nc2cccc(SC(F)(F)F)c2o1. The lowest BCUT2D eigenvalue weighted by Gasteiger charge is -2.04. The van der Waals surface area contributed by atoms with Crippen molar-refractivity contribution in [2.24, 2.45) is 0 Å². The van der Waals surface area contributed by atoms with Crippen LogP contribution < -0.4 is 0 Å². The van der Waals surface area contributed by atoms with Gasteiger partial charge in [0.25, 0.3) is 5.89 Å². The third-order valence-corrected chi connectivity index (χ3v) is 3.25. The first-order valence-corrected chi connectivity index (χ1v) is 6.59. The maximum Gasteiger partial charge on any atom is 0.446 e. The normalized spacial score (nSPS) is 12.0. The number of rotatable bonds is 3. The summed E-state index contributed by atoms with van der Waals surface area (Å²) in [5.74, 6) is -0.619. The molecule has 0 aliphatic rings. The van der Waals surface area contributed by atoms with Gasteiger partial charge in [0.15, 0.2) is 5.58 Å². The Balaban J connectivity index is 2.49. The topological polar surface area (TPSA) is 43.1 Å². The molecular weight excluding hydrogens is 335 g/mol. The van der Waals surface area contributed by atoms with Crippen LogP contribution in [0.3, 0.4) is 0 Å². The van der Waals surface area contributed by atoms with Gasteiger partial charge >= 0.3 is 5.51 Å². The minimum absolute atomic E-state index is 0.00156. The van der Waals surface area contributed by atoms with Crippen LogP contribution in [-0.4, -0.2) is 21.6 Å². The van der Waals surface area contributed by atoms with Crippen molar-refractivity contribution in [1.29, 1.82) is 0 Å². The number of benzene rings is 1. The number of alkyl halides is 4. The van der Waals surface area contributed by atoms with Gasteiger partial charge in [0.2, 0.25) is 5.78 Å². The van der Waals surface area contributed by atoms with E-state index in [0.717, 1.165) is 0 Å². The molecule has 0 N–H and O–H groups in total. The third-order valence-electron chi connectivity index (χ3n) is 1.96. The van der Waals surface area contributed by atoms with Crippen molar-refractivity contribution in [3.63, 3.8) is 0 Å². The predicted octanol–water partition coefficient (Wildman–Crippen LogP) is 4.02. The van der Waals surface area contributed by atoms with Crippen LogP contribution in [0.5, 0.6) is 0 Å². The van der Waals surface area contributed by atoms with E-state index in [1.165, 1.54) is 18.2 Å². The molecule has 18 heavy (non-hydrogen) atoms. The van der Waals surface area contributed by atoms with Crippen LogP contribution in [0.1, 0.15) is 10.7 Å². The summed E-state index contributed by atoms with van der Waals surface area (Å²) < 4.78 is 42.1. The molecule has 0 amide bonds. The number of hydrogen-bond acceptors (Lipinski definition) is 4. The highest BCUT2D eigenvalue weighted by Crippen LogP contribution is 2.40. The van der Waals surface area contributed by atoms with Crippen LogP contribution in [0.15, 0.2) is 27.5 Å². The minimum Gasteiger partial charge on any atom is -0.432 e. The first-order valence-electron chi connectivity index (χ1n) is 4.65. The molecule has 0 aliphatic carbocycles. The minimum atomic E-state index is -4.42. The second-order valence-corrected chi connectivity index (χ2v) is 4.90. The Bertz CT molecular complexity index is 596. The Kier molecular flexibility index (Phi) is 3.67. The fraction of sp³-hybridized carbons (Fsp3) is 0.200. The summed E-state index contributed by atoms with van der Waals surface area (Å²) in [5.41, 5.74) is -4.21. The molecular formula is C10H5BrF3NO2S. The molecule has 1 aromatic carbocycles. The number of hydrogen-bond donors (Lipinski definition) is 0. The smallest absolute Gasteiger partial charge is 0.432 e. The fourth-order valence-corrected chi connectivity index (χ4v) is 2.18. The van der Waals surface area contributed by atoms with E-state index in [1.807, 2.05) is 0 Å². The van der Waals surface area contributed by atoms with E-state index in [0.29, 0.717) is 0 Å². The molecule has 0 aliphatic heterocycles. The van der Waals surface area contributed by atoms with E-state index >= 15 is 0 Å². The lowest BCUT2D eigenvalue weighted by molar-refractivity contribution is -0.0328. The Morgan fingerprint density at radius 1 is 1.44 bits per heavy atom. The van der Waals surface area contributed by atoms with Gasteiger partial charge in [0.05, 0.1) is 10.2 Å². The highest BCUT2D eigenvalue weighted by Gasteiger charge is 2.31. The molecule has 96 valence electrons. The summed E-state index contributed by atoms with van der Waals surface area (Å²) in [6, 6.07) is 4.19. The molecule has 0 saturated carbocycles. The predicted molar refractivity (Wildman–Crippen MR) is 64.0 cm³/mol. The molecule has 0 fully saturated rings. The average molecular weight is 340 g/mol. The summed E-state index contributed by atoms with van der Waals surface area (Å²) in [6.07, 6.45) is 0.